The van der Waals surface area contributed by atoms with Crippen molar-refractivity contribution in [3.8, 4) is 5.75 Å². The van der Waals surface area contributed by atoms with Gasteiger partial charge in [-0.25, -0.2) is 0 Å². The molecule has 0 saturated carbocycles. The van der Waals surface area contributed by atoms with Gasteiger partial charge in [-0.15, -0.1) is 0 Å². The van der Waals surface area contributed by atoms with Crippen molar-refractivity contribution in [1.82, 2.24) is 9.80 Å². The number of piperidine rings is 1. The smallest absolute Gasteiger partial charge is 0.119 e. The minimum atomic E-state index is 0.615. The van der Waals surface area contributed by atoms with Crippen molar-refractivity contribution in [2.75, 3.05) is 26.2 Å². The molecule has 186 valence electrons. The van der Waals surface area contributed by atoms with Crippen LogP contribution in [0.15, 0.2) is 84.9 Å². The highest BCUT2D eigenvalue weighted by Crippen LogP contribution is 2.22. The molecule has 1 saturated heterocycles. The first kappa shape index (κ1) is 25.5. The Kier molecular flexibility index (Phi) is 9.80. The first-order valence-electron chi connectivity index (χ1n) is 13.4. The highest BCUT2D eigenvalue weighted by Gasteiger charge is 2.24. The molecule has 0 spiro atoms. The van der Waals surface area contributed by atoms with Gasteiger partial charge in [0.1, 0.15) is 12.4 Å². The summed E-state index contributed by atoms with van der Waals surface area (Å²) >= 11 is 0. The van der Waals surface area contributed by atoms with E-state index in [9.17, 15) is 0 Å². The van der Waals surface area contributed by atoms with Crippen LogP contribution in [-0.2, 0) is 19.6 Å². The number of nitrogens with zero attached hydrogens (tertiary/aromatic N) is 2. The molecule has 3 aromatic carbocycles. The van der Waals surface area contributed by atoms with E-state index >= 15 is 0 Å². The van der Waals surface area contributed by atoms with Crippen LogP contribution >= 0.6 is 0 Å². The van der Waals surface area contributed by atoms with E-state index in [-0.39, 0.29) is 0 Å². The summed E-state index contributed by atoms with van der Waals surface area (Å²) in [5.74, 6) is 1.68. The summed E-state index contributed by atoms with van der Waals surface area (Å²) in [5.41, 5.74) is 4.03. The van der Waals surface area contributed by atoms with E-state index in [1.54, 1.807) is 0 Å². The molecule has 0 N–H and O–H groups in total. The van der Waals surface area contributed by atoms with Crippen LogP contribution in [0.25, 0.3) is 0 Å². The summed E-state index contributed by atoms with van der Waals surface area (Å²) in [6.45, 7) is 11.1. The van der Waals surface area contributed by atoms with Gasteiger partial charge in [0.25, 0.3) is 0 Å². The second-order valence-corrected chi connectivity index (χ2v) is 10.4. The highest BCUT2D eigenvalue weighted by atomic mass is 16.5. The highest BCUT2D eigenvalue weighted by molar-refractivity contribution is 5.28. The average molecular weight is 471 g/mol. The van der Waals surface area contributed by atoms with Crippen LogP contribution < -0.4 is 4.74 Å². The fourth-order valence-corrected chi connectivity index (χ4v) is 4.92. The zero-order valence-electron chi connectivity index (χ0n) is 21.6. The van der Waals surface area contributed by atoms with Crippen molar-refractivity contribution in [3.63, 3.8) is 0 Å². The molecule has 1 aliphatic heterocycles. The van der Waals surface area contributed by atoms with Crippen molar-refractivity contribution >= 4 is 0 Å². The fraction of sp³-hybridized carbons (Fsp3) is 0.438. The van der Waals surface area contributed by atoms with E-state index < -0.39 is 0 Å². The Balaban J connectivity index is 1.28. The molecule has 3 heteroatoms. The van der Waals surface area contributed by atoms with Crippen LogP contribution in [0.2, 0.25) is 0 Å². The second kappa shape index (κ2) is 13.5. The standard InChI is InChI=1S/C32H42N2O/c1-27(2)17-24-34(31-19-22-33(23-20-31)21-18-28-9-5-3-6-10-28)25-29-13-15-32(16-14-29)35-26-30-11-7-4-8-12-30/h3-16,27,31H,17-26H2,1-2H3. The quantitative estimate of drug-likeness (QED) is 0.289. The number of benzene rings is 3. The Morgan fingerprint density at radius 1 is 0.800 bits per heavy atom. The third-order valence-corrected chi connectivity index (χ3v) is 7.18. The maximum absolute atomic E-state index is 5.99. The minimum absolute atomic E-state index is 0.615. The van der Waals surface area contributed by atoms with Crippen LogP contribution in [0, 0.1) is 5.92 Å². The molecule has 3 nitrogen and oxygen atoms in total. The zero-order chi connectivity index (χ0) is 24.3. The van der Waals surface area contributed by atoms with E-state index in [0.29, 0.717) is 12.6 Å². The third-order valence-electron chi connectivity index (χ3n) is 7.18. The minimum Gasteiger partial charge on any atom is -0.489 e. The molecular weight excluding hydrogens is 428 g/mol. The first-order chi connectivity index (χ1) is 17.2. The largest absolute Gasteiger partial charge is 0.489 e. The predicted molar refractivity (Wildman–Crippen MR) is 147 cm³/mol. The van der Waals surface area contributed by atoms with Gasteiger partial charge in [-0.2, -0.15) is 0 Å². The molecule has 0 aliphatic carbocycles. The van der Waals surface area contributed by atoms with Crippen LogP contribution in [-0.4, -0.2) is 42.0 Å². The van der Waals surface area contributed by atoms with Gasteiger partial charge in [-0.05, 0) is 80.1 Å². The lowest BCUT2D eigenvalue weighted by Crippen LogP contribution is -2.45. The van der Waals surface area contributed by atoms with Gasteiger partial charge >= 0.3 is 0 Å². The Labute approximate surface area is 212 Å². The van der Waals surface area contributed by atoms with Gasteiger partial charge in [0.05, 0.1) is 0 Å². The molecule has 1 heterocycles. The van der Waals surface area contributed by atoms with Gasteiger partial charge in [-0.1, -0.05) is 86.6 Å². The first-order valence-corrected chi connectivity index (χ1v) is 13.4. The van der Waals surface area contributed by atoms with E-state index in [1.165, 1.54) is 62.1 Å². The predicted octanol–water partition coefficient (Wildman–Crippen LogP) is 6.82. The summed E-state index contributed by atoms with van der Waals surface area (Å²) < 4.78 is 5.99. The second-order valence-electron chi connectivity index (χ2n) is 10.4. The van der Waals surface area contributed by atoms with Gasteiger partial charge in [-0.3, -0.25) is 4.90 Å². The van der Waals surface area contributed by atoms with Crippen LogP contribution in [0.1, 0.15) is 49.8 Å². The Morgan fingerprint density at radius 2 is 1.43 bits per heavy atom. The molecule has 3 aromatic rings. The lowest BCUT2D eigenvalue weighted by molar-refractivity contribution is 0.0988. The Hall–Kier alpha value is -2.62. The van der Waals surface area contributed by atoms with Crippen molar-refractivity contribution < 1.29 is 4.74 Å². The van der Waals surface area contributed by atoms with Crippen molar-refractivity contribution in [2.24, 2.45) is 5.92 Å². The fourth-order valence-electron chi connectivity index (χ4n) is 4.92. The zero-order valence-corrected chi connectivity index (χ0v) is 21.6. The lowest BCUT2D eigenvalue weighted by atomic mass is 10.00. The molecule has 0 amide bonds. The van der Waals surface area contributed by atoms with E-state index in [4.69, 9.17) is 4.74 Å². The average Bonchev–Trinajstić information content (AvgIpc) is 2.91. The summed E-state index contributed by atoms with van der Waals surface area (Å²) in [6, 6.07) is 30.7. The Morgan fingerprint density at radius 3 is 2.06 bits per heavy atom. The molecule has 0 unspecified atom stereocenters. The van der Waals surface area contributed by atoms with E-state index in [2.05, 4.69) is 103 Å². The van der Waals surface area contributed by atoms with Gasteiger partial charge < -0.3 is 9.64 Å². The normalized spacial score (nSPS) is 15.1. The molecule has 35 heavy (non-hydrogen) atoms. The number of hydrogen-bond acceptors (Lipinski definition) is 3. The van der Waals surface area contributed by atoms with Crippen molar-refractivity contribution in [1.29, 1.82) is 0 Å². The van der Waals surface area contributed by atoms with E-state index in [1.807, 2.05) is 6.07 Å². The van der Waals surface area contributed by atoms with Gasteiger partial charge in [0, 0.05) is 19.1 Å². The summed E-state index contributed by atoms with van der Waals surface area (Å²) in [5, 5.41) is 0. The molecule has 1 fully saturated rings. The number of rotatable bonds is 12. The van der Waals surface area contributed by atoms with Gasteiger partial charge in [0.15, 0.2) is 0 Å². The van der Waals surface area contributed by atoms with Crippen molar-refractivity contribution in [3.05, 3.63) is 102 Å². The molecule has 0 radical (unpaired) electrons. The molecule has 0 aromatic heterocycles. The maximum atomic E-state index is 5.99. The molecule has 4 rings (SSSR count). The molecule has 1 aliphatic rings. The summed E-state index contributed by atoms with van der Waals surface area (Å²) in [7, 11) is 0. The summed E-state index contributed by atoms with van der Waals surface area (Å²) in [6.07, 6.45) is 4.95. The number of likely N-dealkylation sites (tertiary alicyclic amines) is 1. The number of hydrogen-bond donors (Lipinski definition) is 0. The lowest BCUT2D eigenvalue weighted by Gasteiger charge is -2.39. The number of ether oxygens (including phenoxy) is 1. The summed E-state index contributed by atoms with van der Waals surface area (Å²) in [4.78, 5) is 5.40. The van der Waals surface area contributed by atoms with Gasteiger partial charge in [0.2, 0.25) is 0 Å². The Bertz CT molecular complexity index is 963. The SMILES string of the molecule is CC(C)CCN(Cc1ccc(OCc2ccccc2)cc1)C1CCN(CCc2ccccc2)CC1. The monoisotopic (exact) mass is 470 g/mol. The molecular formula is C32H42N2O. The topological polar surface area (TPSA) is 15.7 Å². The van der Waals surface area contributed by atoms with Crippen LogP contribution in [0.5, 0.6) is 5.75 Å². The van der Waals surface area contributed by atoms with E-state index in [0.717, 1.165) is 24.6 Å². The van der Waals surface area contributed by atoms with Crippen LogP contribution in [0.3, 0.4) is 0 Å². The molecule has 0 bridgehead atoms. The van der Waals surface area contributed by atoms with Crippen LogP contribution in [0.4, 0.5) is 0 Å². The maximum Gasteiger partial charge on any atom is 0.119 e. The molecule has 0 atom stereocenters. The third kappa shape index (κ3) is 8.52. The van der Waals surface area contributed by atoms with Crippen molar-refractivity contribution in [2.45, 2.75) is 58.7 Å².